The number of esters is 1. The summed E-state index contributed by atoms with van der Waals surface area (Å²) >= 11 is 1.35. The van der Waals surface area contributed by atoms with Gasteiger partial charge < -0.3 is 19.7 Å². The lowest BCUT2D eigenvalue weighted by Crippen LogP contribution is -2.23. The molecule has 0 bridgehead atoms. The van der Waals surface area contributed by atoms with E-state index in [1.807, 2.05) is 19.1 Å². The Morgan fingerprint density at radius 2 is 1.97 bits per heavy atom. The molecule has 2 heterocycles. The van der Waals surface area contributed by atoms with Gasteiger partial charge in [0, 0.05) is 23.5 Å². The number of hydrogen-bond donors (Lipinski definition) is 1. The molecule has 1 saturated heterocycles. The number of amides is 2. The third-order valence-corrected chi connectivity index (χ3v) is 5.67. The number of anilines is 2. The molecule has 1 fully saturated rings. The largest absolute Gasteiger partial charge is 0.484 e. The van der Waals surface area contributed by atoms with Crippen LogP contribution in [0.3, 0.4) is 0 Å². The number of nitrogens with one attached hydrogen (secondary N) is 1. The van der Waals surface area contributed by atoms with Gasteiger partial charge in [0.25, 0.3) is 5.91 Å². The Labute approximate surface area is 173 Å². The molecule has 0 spiro atoms. The fraction of sp³-hybridized carbons (Fsp3) is 0.381. The summed E-state index contributed by atoms with van der Waals surface area (Å²) in [7, 11) is 0. The molecule has 0 saturated carbocycles. The highest BCUT2D eigenvalue weighted by molar-refractivity contribution is 7.16. The van der Waals surface area contributed by atoms with Crippen LogP contribution in [0.25, 0.3) is 0 Å². The number of hydrogen-bond acceptors (Lipinski definition) is 6. The molecule has 0 radical (unpaired) electrons. The first kappa shape index (κ1) is 20.9. The van der Waals surface area contributed by atoms with Gasteiger partial charge in [-0.3, -0.25) is 9.59 Å². The lowest BCUT2D eigenvalue weighted by atomic mass is 10.2. The first-order valence-electron chi connectivity index (χ1n) is 9.64. The zero-order chi connectivity index (χ0) is 20.8. The van der Waals surface area contributed by atoms with Crippen molar-refractivity contribution in [2.75, 3.05) is 30.0 Å². The molecule has 0 unspecified atom stereocenters. The van der Waals surface area contributed by atoms with Gasteiger partial charge >= 0.3 is 5.97 Å². The predicted molar refractivity (Wildman–Crippen MR) is 112 cm³/mol. The summed E-state index contributed by atoms with van der Waals surface area (Å²) < 4.78 is 10.6. The van der Waals surface area contributed by atoms with Crippen LogP contribution >= 0.6 is 11.3 Å². The molecule has 1 N–H and O–H groups in total. The number of thiophene rings is 1. The summed E-state index contributed by atoms with van der Waals surface area (Å²) in [5.74, 6) is -0.162. The fourth-order valence-electron chi connectivity index (χ4n) is 3.02. The van der Waals surface area contributed by atoms with Gasteiger partial charge in [-0.25, -0.2) is 4.79 Å². The Balaban J connectivity index is 1.58. The smallest absolute Gasteiger partial charge is 0.341 e. The number of benzene rings is 1. The molecule has 3 rings (SSSR count). The van der Waals surface area contributed by atoms with Crippen molar-refractivity contribution >= 4 is 39.8 Å². The lowest BCUT2D eigenvalue weighted by molar-refractivity contribution is -0.118. The van der Waals surface area contributed by atoms with E-state index in [4.69, 9.17) is 9.47 Å². The topological polar surface area (TPSA) is 84.9 Å². The first-order valence-corrected chi connectivity index (χ1v) is 10.5. The second-order valence-corrected chi connectivity index (χ2v) is 7.65. The monoisotopic (exact) mass is 416 g/mol. The third-order valence-electron chi connectivity index (χ3n) is 4.47. The molecule has 0 aliphatic carbocycles. The van der Waals surface area contributed by atoms with Crippen molar-refractivity contribution in [2.45, 2.75) is 33.1 Å². The lowest BCUT2D eigenvalue weighted by Gasteiger charge is -2.16. The van der Waals surface area contributed by atoms with E-state index in [1.165, 1.54) is 11.3 Å². The van der Waals surface area contributed by atoms with Gasteiger partial charge in [-0.15, -0.1) is 11.3 Å². The Morgan fingerprint density at radius 1 is 1.21 bits per heavy atom. The summed E-state index contributed by atoms with van der Waals surface area (Å²) in [6, 6.07) is 8.83. The highest BCUT2D eigenvalue weighted by atomic mass is 32.1. The molecular formula is C21H24N2O5S. The predicted octanol–water partition coefficient (Wildman–Crippen LogP) is 3.63. The number of rotatable bonds is 8. The van der Waals surface area contributed by atoms with E-state index in [9.17, 15) is 14.4 Å². The van der Waals surface area contributed by atoms with Crippen molar-refractivity contribution in [3.63, 3.8) is 0 Å². The first-order chi connectivity index (χ1) is 14.0. The number of nitrogens with zero attached hydrogens (tertiary/aromatic N) is 1. The van der Waals surface area contributed by atoms with E-state index < -0.39 is 5.97 Å². The van der Waals surface area contributed by atoms with Crippen molar-refractivity contribution in [1.82, 2.24) is 0 Å². The van der Waals surface area contributed by atoms with Crippen LogP contribution < -0.4 is 15.0 Å². The number of carbonyl (C=O) groups is 3. The third kappa shape index (κ3) is 5.14. The molecule has 1 aromatic carbocycles. The molecular weight excluding hydrogens is 392 g/mol. The summed E-state index contributed by atoms with van der Waals surface area (Å²) in [6.07, 6.45) is 2.21. The zero-order valence-electron chi connectivity index (χ0n) is 16.5. The van der Waals surface area contributed by atoms with Crippen molar-refractivity contribution in [3.05, 3.63) is 40.8 Å². The van der Waals surface area contributed by atoms with E-state index in [-0.39, 0.29) is 25.0 Å². The maximum absolute atomic E-state index is 12.3. The second kappa shape index (κ2) is 9.56. The van der Waals surface area contributed by atoms with E-state index in [1.54, 1.807) is 30.0 Å². The van der Waals surface area contributed by atoms with Gasteiger partial charge in [0.2, 0.25) is 5.91 Å². The van der Waals surface area contributed by atoms with Crippen LogP contribution in [0.4, 0.5) is 10.7 Å². The van der Waals surface area contributed by atoms with Crippen molar-refractivity contribution in [3.8, 4) is 5.75 Å². The van der Waals surface area contributed by atoms with Crippen LogP contribution in [-0.4, -0.2) is 37.5 Å². The van der Waals surface area contributed by atoms with Crippen LogP contribution in [0.1, 0.15) is 41.9 Å². The van der Waals surface area contributed by atoms with E-state index >= 15 is 0 Å². The molecule has 7 nitrogen and oxygen atoms in total. The Morgan fingerprint density at radius 3 is 2.59 bits per heavy atom. The van der Waals surface area contributed by atoms with Crippen LogP contribution in [0, 0.1) is 0 Å². The molecule has 2 aromatic rings. The molecule has 8 heteroatoms. The number of ether oxygens (including phenoxy) is 2. The van der Waals surface area contributed by atoms with Gasteiger partial charge in [-0.2, -0.15) is 0 Å². The van der Waals surface area contributed by atoms with Gasteiger partial charge in [-0.1, -0.05) is 6.92 Å². The molecule has 1 aliphatic heterocycles. The Bertz CT molecular complexity index is 891. The molecule has 29 heavy (non-hydrogen) atoms. The fourth-order valence-corrected chi connectivity index (χ4v) is 4.03. The minimum Gasteiger partial charge on any atom is -0.484 e. The van der Waals surface area contributed by atoms with Gasteiger partial charge in [0.05, 0.1) is 12.2 Å². The van der Waals surface area contributed by atoms with Crippen LogP contribution in [0.5, 0.6) is 5.75 Å². The molecule has 1 aromatic heterocycles. The summed E-state index contributed by atoms with van der Waals surface area (Å²) in [4.78, 5) is 38.9. The quantitative estimate of drug-likeness (QED) is 0.664. The molecule has 1 aliphatic rings. The summed E-state index contributed by atoms with van der Waals surface area (Å²) in [6.45, 7) is 4.52. The van der Waals surface area contributed by atoms with Crippen molar-refractivity contribution in [2.24, 2.45) is 0 Å². The van der Waals surface area contributed by atoms with Crippen LogP contribution in [-0.2, 0) is 20.7 Å². The minimum atomic E-state index is -0.452. The van der Waals surface area contributed by atoms with Crippen LogP contribution in [0.2, 0.25) is 0 Å². The summed E-state index contributed by atoms with van der Waals surface area (Å²) in [5, 5.41) is 3.21. The van der Waals surface area contributed by atoms with Crippen molar-refractivity contribution < 1.29 is 23.9 Å². The average Bonchev–Trinajstić information content (AvgIpc) is 3.33. The van der Waals surface area contributed by atoms with Crippen LogP contribution in [0.15, 0.2) is 30.3 Å². The highest BCUT2D eigenvalue weighted by Gasteiger charge is 2.22. The zero-order valence-corrected chi connectivity index (χ0v) is 17.3. The van der Waals surface area contributed by atoms with E-state index in [0.717, 1.165) is 30.0 Å². The van der Waals surface area contributed by atoms with Gasteiger partial charge in [-0.05, 0) is 50.1 Å². The second-order valence-electron chi connectivity index (χ2n) is 6.51. The average molecular weight is 416 g/mol. The SMILES string of the molecule is CCOC(=O)c1cc(CC)sc1NC(=O)COc1ccc(N2CCCC2=O)cc1. The minimum absolute atomic E-state index is 0.123. The standard InChI is InChI=1S/C21H24N2O5S/c1-3-16-12-17(21(26)27-4-2)20(29-16)22-18(24)13-28-15-9-7-14(8-10-15)23-11-5-6-19(23)25/h7-10,12H,3-6,11,13H2,1-2H3,(H,22,24). The van der Waals surface area contributed by atoms with Crippen molar-refractivity contribution in [1.29, 1.82) is 0 Å². The van der Waals surface area contributed by atoms with E-state index in [2.05, 4.69) is 5.32 Å². The molecule has 154 valence electrons. The van der Waals surface area contributed by atoms with E-state index in [0.29, 0.717) is 22.7 Å². The van der Waals surface area contributed by atoms with Gasteiger partial charge in [0.1, 0.15) is 10.8 Å². The number of carbonyl (C=O) groups excluding carboxylic acids is 3. The highest BCUT2D eigenvalue weighted by Crippen LogP contribution is 2.29. The Hall–Kier alpha value is -2.87. The van der Waals surface area contributed by atoms with Gasteiger partial charge in [0.15, 0.2) is 6.61 Å². The summed E-state index contributed by atoms with van der Waals surface area (Å²) in [5.41, 5.74) is 1.19. The normalized spacial score (nSPS) is 13.4. The Kier molecular flexibility index (Phi) is 6.87. The molecule has 0 atom stereocenters. The maximum Gasteiger partial charge on any atom is 0.341 e. The number of aryl methyl sites for hydroxylation is 1. The maximum atomic E-state index is 12.3. The molecule has 2 amide bonds.